The van der Waals surface area contributed by atoms with Crippen molar-refractivity contribution in [2.45, 2.75) is 6.92 Å². The maximum Gasteiger partial charge on any atom is 0.275 e. The molecule has 1 aromatic heterocycles. The molecule has 4 rings (SSSR count). The minimum atomic E-state index is -0.272. The van der Waals surface area contributed by atoms with Gasteiger partial charge in [-0.25, -0.2) is 4.98 Å². The van der Waals surface area contributed by atoms with Crippen LogP contribution in [-0.4, -0.2) is 53.4 Å². The van der Waals surface area contributed by atoms with Crippen molar-refractivity contribution in [1.82, 2.24) is 9.88 Å². The number of carbonyl (C=O) groups excluding carboxylic acids is 2. The minimum absolute atomic E-state index is 0.0462. The summed E-state index contributed by atoms with van der Waals surface area (Å²) in [5.74, 6) is 2.50. The van der Waals surface area contributed by atoms with Crippen LogP contribution in [0.3, 0.4) is 0 Å². The number of benzene rings is 2. The summed E-state index contributed by atoms with van der Waals surface area (Å²) in [6.45, 7) is 3.45. The Labute approximate surface area is 189 Å². The molecule has 0 unspecified atom stereocenters. The van der Waals surface area contributed by atoms with Crippen molar-refractivity contribution in [1.29, 1.82) is 0 Å². The van der Waals surface area contributed by atoms with E-state index in [4.69, 9.17) is 4.74 Å². The summed E-state index contributed by atoms with van der Waals surface area (Å²) in [6, 6.07) is 13.0. The first-order valence-corrected chi connectivity index (χ1v) is 12.0. The number of rotatable bonds is 5. The van der Waals surface area contributed by atoms with Crippen LogP contribution in [0.15, 0.2) is 47.8 Å². The molecule has 1 fully saturated rings. The number of ether oxygens (including phenoxy) is 1. The van der Waals surface area contributed by atoms with Gasteiger partial charge in [0.25, 0.3) is 11.8 Å². The van der Waals surface area contributed by atoms with Crippen LogP contribution in [0.1, 0.15) is 26.4 Å². The normalized spacial score (nSPS) is 13.7. The Morgan fingerprint density at radius 3 is 2.52 bits per heavy atom. The molecule has 8 heteroatoms. The van der Waals surface area contributed by atoms with E-state index in [2.05, 4.69) is 10.3 Å². The lowest BCUT2D eigenvalue weighted by molar-refractivity contribution is 0.0772. The first-order chi connectivity index (χ1) is 15.0. The van der Waals surface area contributed by atoms with Crippen LogP contribution in [0.25, 0.3) is 10.6 Å². The Balaban J connectivity index is 1.44. The van der Waals surface area contributed by atoms with Crippen LogP contribution in [-0.2, 0) is 0 Å². The predicted molar refractivity (Wildman–Crippen MR) is 126 cm³/mol. The molecule has 0 aliphatic carbocycles. The van der Waals surface area contributed by atoms with E-state index in [1.165, 1.54) is 11.3 Å². The van der Waals surface area contributed by atoms with Gasteiger partial charge in [0.05, 0.1) is 7.11 Å². The standard InChI is InChI=1S/C23H23N3O3S2/c1-15-13-17(23(28)26-9-11-30-12-10-26)5-8-19(15)24-21(27)20-14-31-22(25-20)16-3-6-18(29-2)7-4-16/h3-8,13-14H,9-12H2,1-2H3,(H,24,27). The van der Waals surface area contributed by atoms with Crippen molar-refractivity contribution in [3.8, 4) is 16.3 Å². The monoisotopic (exact) mass is 453 g/mol. The zero-order valence-electron chi connectivity index (χ0n) is 17.4. The quantitative estimate of drug-likeness (QED) is 0.613. The SMILES string of the molecule is COc1ccc(-c2nc(C(=O)Nc3ccc(C(=O)N4CCSCC4)cc3C)cs2)cc1. The van der Waals surface area contributed by atoms with Crippen molar-refractivity contribution in [2.24, 2.45) is 0 Å². The van der Waals surface area contributed by atoms with Crippen LogP contribution in [0.5, 0.6) is 5.75 Å². The third-order valence-electron chi connectivity index (χ3n) is 5.09. The third kappa shape index (κ3) is 4.91. The largest absolute Gasteiger partial charge is 0.497 e. The highest BCUT2D eigenvalue weighted by atomic mass is 32.2. The first kappa shape index (κ1) is 21.4. The van der Waals surface area contributed by atoms with Gasteiger partial charge in [0.1, 0.15) is 16.5 Å². The third-order valence-corrected chi connectivity index (χ3v) is 6.93. The molecular formula is C23H23N3O3S2. The zero-order chi connectivity index (χ0) is 21.8. The van der Waals surface area contributed by atoms with Gasteiger partial charge < -0.3 is 15.0 Å². The summed E-state index contributed by atoms with van der Waals surface area (Å²) in [5, 5.41) is 5.43. The molecule has 1 aliphatic rings. The van der Waals surface area contributed by atoms with Crippen molar-refractivity contribution in [2.75, 3.05) is 37.0 Å². The number of nitrogens with one attached hydrogen (secondary N) is 1. The fourth-order valence-electron chi connectivity index (χ4n) is 3.32. The molecule has 1 aliphatic heterocycles. The Morgan fingerprint density at radius 1 is 1.10 bits per heavy atom. The van der Waals surface area contributed by atoms with Crippen molar-refractivity contribution < 1.29 is 14.3 Å². The molecule has 6 nitrogen and oxygen atoms in total. The van der Waals surface area contributed by atoms with E-state index in [0.717, 1.165) is 46.5 Å². The van der Waals surface area contributed by atoms with E-state index in [1.807, 2.05) is 53.9 Å². The number of methoxy groups -OCH3 is 1. The van der Waals surface area contributed by atoms with E-state index in [-0.39, 0.29) is 11.8 Å². The lowest BCUT2D eigenvalue weighted by Gasteiger charge is -2.26. The molecular weight excluding hydrogens is 430 g/mol. The van der Waals surface area contributed by atoms with Crippen LogP contribution in [0.4, 0.5) is 5.69 Å². The van der Waals surface area contributed by atoms with Crippen LogP contribution in [0.2, 0.25) is 0 Å². The zero-order valence-corrected chi connectivity index (χ0v) is 19.0. The summed E-state index contributed by atoms with van der Waals surface area (Å²) >= 11 is 3.29. The van der Waals surface area contributed by atoms with Gasteiger partial charge in [-0.05, 0) is 55.0 Å². The summed E-state index contributed by atoms with van der Waals surface area (Å²) < 4.78 is 5.18. The van der Waals surface area contributed by atoms with Crippen LogP contribution < -0.4 is 10.1 Å². The Bertz CT molecular complexity index is 1090. The smallest absolute Gasteiger partial charge is 0.275 e. The molecule has 160 valence electrons. The Kier molecular flexibility index (Phi) is 6.58. The predicted octanol–water partition coefficient (Wildman–Crippen LogP) is 4.57. The fraction of sp³-hybridized carbons (Fsp3) is 0.261. The first-order valence-electron chi connectivity index (χ1n) is 9.94. The highest BCUT2D eigenvalue weighted by Crippen LogP contribution is 2.26. The van der Waals surface area contributed by atoms with Crippen molar-refractivity contribution in [3.63, 3.8) is 0 Å². The van der Waals surface area contributed by atoms with Crippen molar-refractivity contribution in [3.05, 3.63) is 64.7 Å². The molecule has 0 radical (unpaired) electrons. The number of aromatic nitrogens is 1. The molecule has 31 heavy (non-hydrogen) atoms. The number of hydrogen-bond acceptors (Lipinski definition) is 6. The van der Waals surface area contributed by atoms with Gasteiger partial charge in [0, 0.05) is 46.8 Å². The van der Waals surface area contributed by atoms with E-state index in [9.17, 15) is 9.59 Å². The van der Waals surface area contributed by atoms with Crippen molar-refractivity contribution >= 4 is 40.6 Å². The average Bonchev–Trinajstić information content (AvgIpc) is 3.31. The number of hydrogen-bond donors (Lipinski definition) is 1. The molecule has 0 saturated carbocycles. The molecule has 2 heterocycles. The maximum atomic E-state index is 12.7. The summed E-state index contributed by atoms with van der Waals surface area (Å²) in [4.78, 5) is 31.8. The van der Waals surface area contributed by atoms with E-state index < -0.39 is 0 Å². The maximum absolute atomic E-state index is 12.7. The van der Waals surface area contributed by atoms with Gasteiger partial charge in [0.2, 0.25) is 0 Å². The van der Waals surface area contributed by atoms with Gasteiger partial charge in [-0.1, -0.05) is 0 Å². The highest BCUT2D eigenvalue weighted by molar-refractivity contribution is 7.99. The van der Waals surface area contributed by atoms with Gasteiger partial charge >= 0.3 is 0 Å². The van der Waals surface area contributed by atoms with Gasteiger partial charge in [0.15, 0.2) is 0 Å². The summed E-state index contributed by atoms with van der Waals surface area (Å²) in [7, 11) is 1.62. The van der Waals surface area contributed by atoms with Crippen LogP contribution in [0, 0.1) is 6.92 Å². The molecule has 2 amide bonds. The fourth-order valence-corrected chi connectivity index (χ4v) is 5.03. The van der Waals surface area contributed by atoms with E-state index in [1.54, 1.807) is 24.6 Å². The van der Waals surface area contributed by atoms with Gasteiger partial charge in [-0.15, -0.1) is 11.3 Å². The Morgan fingerprint density at radius 2 is 1.84 bits per heavy atom. The number of thiazole rings is 1. The lowest BCUT2D eigenvalue weighted by atomic mass is 10.1. The number of anilines is 1. The number of amides is 2. The van der Waals surface area contributed by atoms with Crippen LogP contribution >= 0.6 is 23.1 Å². The second-order valence-corrected chi connectivity index (χ2v) is 9.24. The van der Waals surface area contributed by atoms with E-state index in [0.29, 0.717) is 16.9 Å². The van der Waals surface area contributed by atoms with Gasteiger partial charge in [-0.3, -0.25) is 9.59 Å². The Hall–Kier alpha value is -2.84. The molecule has 0 spiro atoms. The average molecular weight is 454 g/mol. The number of thioether (sulfide) groups is 1. The molecule has 1 saturated heterocycles. The summed E-state index contributed by atoms with van der Waals surface area (Å²) in [6.07, 6.45) is 0. The second kappa shape index (κ2) is 9.53. The number of carbonyl (C=O) groups is 2. The minimum Gasteiger partial charge on any atom is -0.497 e. The van der Waals surface area contributed by atoms with Gasteiger partial charge in [-0.2, -0.15) is 11.8 Å². The number of aryl methyl sites for hydroxylation is 1. The molecule has 0 bridgehead atoms. The topological polar surface area (TPSA) is 71.5 Å². The number of nitrogens with zero attached hydrogens (tertiary/aromatic N) is 2. The second-order valence-electron chi connectivity index (χ2n) is 7.15. The molecule has 3 aromatic rings. The molecule has 1 N–H and O–H groups in total. The molecule has 0 atom stereocenters. The lowest BCUT2D eigenvalue weighted by Crippen LogP contribution is -2.37. The highest BCUT2D eigenvalue weighted by Gasteiger charge is 2.19. The molecule has 2 aromatic carbocycles. The summed E-state index contributed by atoms with van der Waals surface area (Å²) in [5.41, 5.74) is 3.46. The van der Waals surface area contributed by atoms with E-state index >= 15 is 0 Å².